The van der Waals surface area contributed by atoms with Gasteiger partial charge in [-0.05, 0) is 40.5 Å². The Hall–Kier alpha value is -1.07. The second-order valence-corrected chi connectivity index (χ2v) is 7.34. The third-order valence-electron chi connectivity index (χ3n) is 3.89. The molecule has 0 heterocycles. The fourth-order valence-electron chi connectivity index (χ4n) is 2.35. The summed E-state index contributed by atoms with van der Waals surface area (Å²) in [6.07, 6.45) is 7.72. The molecule has 136 valence electrons. The molecule has 0 aliphatic carbocycles. The fourth-order valence-corrected chi connectivity index (χ4v) is 2.86. The first-order chi connectivity index (χ1) is 11.5. The summed E-state index contributed by atoms with van der Waals surface area (Å²) in [5, 5.41) is 3.43. The number of halogens is 1. The average molecular weight is 400 g/mol. The van der Waals surface area contributed by atoms with E-state index in [1.54, 1.807) is 0 Å². The Kier molecular flexibility index (Phi) is 10.8. The summed E-state index contributed by atoms with van der Waals surface area (Å²) in [5.74, 6) is -0.264. The smallest absolute Gasteiger partial charge is 0.338 e. The van der Waals surface area contributed by atoms with E-state index in [0.717, 1.165) is 23.2 Å². The Morgan fingerprint density at radius 3 is 2.54 bits per heavy atom. The van der Waals surface area contributed by atoms with Crippen LogP contribution < -0.4 is 10.2 Å². The van der Waals surface area contributed by atoms with Gasteiger partial charge in [-0.2, -0.15) is 0 Å². The third kappa shape index (κ3) is 8.69. The molecule has 0 saturated carbocycles. The molecule has 0 radical (unpaired) electrons. The summed E-state index contributed by atoms with van der Waals surface area (Å²) in [6.45, 7) is 4.45. The maximum Gasteiger partial charge on any atom is 0.338 e. The second-order valence-electron chi connectivity index (χ2n) is 6.48. The van der Waals surface area contributed by atoms with Gasteiger partial charge in [0.25, 0.3) is 0 Å². The Balaban J connectivity index is 2.34. The van der Waals surface area contributed by atoms with Crippen LogP contribution in [0.1, 0.15) is 55.8 Å². The van der Waals surface area contributed by atoms with Gasteiger partial charge in [0, 0.05) is 16.7 Å². The van der Waals surface area contributed by atoms with E-state index in [1.807, 2.05) is 32.3 Å². The van der Waals surface area contributed by atoms with Gasteiger partial charge in [0.15, 0.2) is 0 Å². The SMILES string of the molecule is CCCCCCCCNc1ccc(C(=O)OCC[NH+](C)C)cc1Br. The molecule has 0 bridgehead atoms. The number of unbranched alkanes of at least 4 members (excludes halogenated alkanes) is 5. The third-order valence-corrected chi connectivity index (χ3v) is 4.54. The summed E-state index contributed by atoms with van der Waals surface area (Å²) >= 11 is 3.54. The summed E-state index contributed by atoms with van der Waals surface area (Å²) in [5.41, 5.74) is 1.61. The Morgan fingerprint density at radius 1 is 1.17 bits per heavy atom. The molecule has 0 saturated heterocycles. The standard InChI is InChI=1S/C19H31BrN2O2/c1-4-5-6-7-8-9-12-21-18-11-10-16(15-17(18)20)19(23)24-14-13-22(2)3/h10-11,15,21H,4-9,12-14H2,1-3H3/p+1. The first-order valence-corrected chi connectivity index (χ1v) is 9.83. The minimum absolute atomic E-state index is 0.264. The quantitative estimate of drug-likeness (QED) is 0.417. The van der Waals surface area contributed by atoms with Gasteiger partial charge < -0.3 is 15.0 Å². The molecule has 1 rings (SSSR count). The monoisotopic (exact) mass is 399 g/mol. The van der Waals surface area contributed by atoms with Crippen molar-refractivity contribution in [2.24, 2.45) is 0 Å². The van der Waals surface area contributed by atoms with E-state index < -0.39 is 0 Å². The molecule has 0 atom stereocenters. The Bertz CT molecular complexity index is 492. The number of rotatable bonds is 12. The molecule has 0 unspecified atom stereocenters. The number of nitrogens with one attached hydrogen (secondary N) is 2. The van der Waals surface area contributed by atoms with Crippen molar-refractivity contribution in [3.63, 3.8) is 0 Å². The number of benzene rings is 1. The lowest BCUT2D eigenvalue weighted by atomic mass is 10.1. The van der Waals surface area contributed by atoms with Gasteiger partial charge in [0.1, 0.15) is 13.2 Å². The van der Waals surface area contributed by atoms with E-state index in [4.69, 9.17) is 4.74 Å². The molecule has 0 spiro atoms. The van der Waals surface area contributed by atoms with Crippen molar-refractivity contribution in [1.29, 1.82) is 0 Å². The maximum absolute atomic E-state index is 12.0. The number of anilines is 1. The van der Waals surface area contributed by atoms with Gasteiger partial charge in [-0.1, -0.05) is 39.0 Å². The summed E-state index contributed by atoms with van der Waals surface area (Å²) in [7, 11) is 4.07. The van der Waals surface area contributed by atoms with E-state index in [9.17, 15) is 4.79 Å². The largest absolute Gasteiger partial charge is 0.456 e. The van der Waals surface area contributed by atoms with Gasteiger partial charge in [-0.3, -0.25) is 0 Å². The van der Waals surface area contributed by atoms with E-state index in [-0.39, 0.29) is 5.97 Å². The summed E-state index contributed by atoms with van der Waals surface area (Å²) < 4.78 is 6.18. The van der Waals surface area contributed by atoms with Crippen molar-refractivity contribution in [2.75, 3.05) is 39.1 Å². The lowest BCUT2D eigenvalue weighted by Crippen LogP contribution is -3.06. The van der Waals surface area contributed by atoms with Crippen molar-refractivity contribution in [3.05, 3.63) is 28.2 Å². The first kappa shape index (κ1) is 21.0. The molecule has 0 aliphatic heterocycles. The molecular weight excluding hydrogens is 368 g/mol. The number of hydrogen-bond donors (Lipinski definition) is 2. The van der Waals surface area contributed by atoms with Gasteiger partial charge in [0.2, 0.25) is 0 Å². The molecule has 0 amide bonds. The van der Waals surface area contributed by atoms with Gasteiger partial charge in [-0.25, -0.2) is 4.79 Å². The average Bonchev–Trinajstić information content (AvgIpc) is 2.54. The van der Waals surface area contributed by atoms with Crippen LogP contribution in [0.3, 0.4) is 0 Å². The van der Waals surface area contributed by atoms with Crippen molar-refractivity contribution in [2.45, 2.75) is 45.4 Å². The van der Waals surface area contributed by atoms with E-state index in [1.165, 1.54) is 43.4 Å². The van der Waals surface area contributed by atoms with E-state index in [2.05, 4.69) is 28.2 Å². The number of esters is 1. The number of quaternary nitrogens is 1. The van der Waals surface area contributed by atoms with Crippen LogP contribution in [0, 0.1) is 0 Å². The van der Waals surface area contributed by atoms with Crippen molar-refractivity contribution >= 4 is 27.6 Å². The zero-order chi connectivity index (χ0) is 17.8. The van der Waals surface area contributed by atoms with E-state index in [0.29, 0.717) is 12.2 Å². The molecule has 0 aliphatic rings. The highest BCUT2D eigenvalue weighted by Crippen LogP contribution is 2.24. The maximum atomic E-state index is 12.0. The Morgan fingerprint density at radius 2 is 1.88 bits per heavy atom. The predicted octanol–water partition coefficient (Wildman–Crippen LogP) is 3.52. The topological polar surface area (TPSA) is 42.8 Å². The molecule has 1 aromatic rings. The first-order valence-electron chi connectivity index (χ1n) is 9.04. The minimum Gasteiger partial charge on any atom is -0.456 e. The van der Waals surface area contributed by atoms with Gasteiger partial charge in [0.05, 0.1) is 19.7 Å². The van der Waals surface area contributed by atoms with Crippen LogP contribution in [0.25, 0.3) is 0 Å². The van der Waals surface area contributed by atoms with Crippen LogP contribution in [0.15, 0.2) is 22.7 Å². The van der Waals surface area contributed by atoms with Crippen molar-refractivity contribution in [1.82, 2.24) is 0 Å². The highest BCUT2D eigenvalue weighted by Gasteiger charge is 2.10. The number of hydrogen-bond acceptors (Lipinski definition) is 3. The van der Waals surface area contributed by atoms with Crippen molar-refractivity contribution in [3.8, 4) is 0 Å². The highest BCUT2D eigenvalue weighted by molar-refractivity contribution is 9.10. The fraction of sp³-hybridized carbons (Fsp3) is 0.632. The highest BCUT2D eigenvalue weighted by atomic mass is 79.9. The number of carbonyl (C=O) groups excluding carboxylic acids is 1. The lowest BCUT2D eigenvalue weighted by Gasteiger charge is -2.11. The molecule has 1 aromatic carbocycles. The van der Waals surface area contributed by atoms with Crippen LogP contribution in [0.2, 0.25) is 0 Å². The van der Waals surface area contributed by atoms with Crippen molar-refractivity contribution < 1.29 is 14.4 Å². The molecule has 4 nitrogen and oxygen atoms in total. The summed E-state index contributed by atoms with van der Waals surface area (Å²) in [4.78, 5) is 13.3. The number of carbonyl (C=O) groups is 1. The number of ether oxygens (including phenoxy) is 1. The molecule has 24 heavy (non-hydrogen) atoms. The molecule has 0 fully saturated rings. The van der Waals surface area contributed by atoms with Gasteiger partial charge >= 0.3 is 5.97 Å². The molecule has 2 N–H and O–H groups in total. The van der Waals surface area contributed by atoms with Crippen LogP contribution in [-0.4, -0.2) is 39.8 Å². The van der Waals surface area contributed by atoms with Crippen LogP contribution >= 0.6 is 15.9 Å². The summed E-state index contributed by atoms with van der Waals surface area (Å²) in [6, 6.07) is 5.59. The zero-order valence-corrected chi connectivity index (χ0v) is 16.9. The minimum atomic E-state index is -0.264. The lowest BCUT2D eigenvalue weighted by molar-refractivity contribution is -0.858. The normalized spacial score (nSPS) is 10.9. The van der Waals surface area contributed by atoms with E-state index >= 15 is 0 Å². The number of likely N-dealkylation sites (N-methyl/N-ethyl adjacent to an activating group) is 1. The second kappa shape index (κ2) is 12.3. The van der Waals surface area contributed by atoms with Crippen LogP contribution in [-0.2, 0) is 4.74 Å². The predicted molar refractivity (Wildman–Crippen MR) is 104 cm³/mol. The zero-order valence-electron chi connectivity index (χ0n) is 15.3. The Labute approximate surface area is 155 Å². The molecular formula is C19H32BrN2O2+. The van der Waals surface area contributed by atoms with Crippen LogP contribution in [0.4, 0.5) is 5.69 Å². The van der Waals surface area contributed by atoms with Crippen LogP contribution in [0.5, 0.6) is 0 Å². The molecule has 0 aromatic heterocycles. The molecule has 5 heteroatoms. The van der Waals surface area contributed by atoms with Gasteiger partial charge in [-0.15, -0.1) is 0 Å².